The number of benzene rings is 1. The maximum atomic E-state index is 13.1. The molecule has 0 saturated heterocycles. The summed E-state index contributed by atoms with van der Waals surface area (Å²) in [6, 6.07) is 5.89. The molecular formula is C13H10FN3O. The molecule has 0 fully saturated rings. The number of fused-ring (bicyclic) bond motifs is 1. The van der Waals surface area contributed by atoms with Crippen molar-refractivity contribution in [3.8, 4) is 0 Å². The van der Waals surface area contributed by atoms with E-state index >= 15 is 0 Å². The van der Waals surface area contributed by atoms with Crippen molar-refractivity contribution < 1.29 is 9.50 Å². The lowest BCUT2D eigenvalue weighted by Crippen LogP contribution is -2.00. The third-order valence-corrected chi connectivity index (χ3v) is 2.81. The third-order valence-electron chi connectivity index (χ3n) is 2.81. The van der Waals surface area contributed by atoms with Gasteiger partial charge in [0.05, 0.1) is 17.9 Å². The first kappa shape index (κ1) is 10.9. The molecule has 90 valence electrons. The first-order valence-corrected chi connectivity index (χ1v) is 5.46. The average molecular weight is 243 g/mol. The van der Waals surface area contributed by atoms with Gasteiger partial charge in [-0.05, 0) is 17.7 Å². The minimum absolute atomic E-state index is 0.374. The van der Waals surface area contributed by atoms with Gasteiger partial charge in [0.15, 0.2) is 0 Å². The van der Waals surface area contributed by atoms with Crippen molar-refractivity contribution in [1.29, 1.82) is 0 Å². The highest BCUT2D eigenvalue weighted by Gasteiger charge is 2.16. The molecular weight excluding hydrogens is 233 g/mol. The number of halogens is 1. The first-order chi connectivity index (χ1) is 8.75. The minimum Gasteiger partial charge on any atom is -0.384 e. The standard InChI is InChI=1S/C13H10FN3O/c14-10-3-1-2-9(6-10)13(18)11-7-16-17-5-4-15-8-12(11)17/h1-8,13,18H. The molecule has 4 nitrogen and oxygen atoms in total. The normalized spacial score (nSPS) is 12.8. The van der Waals surface area contributed by atoms with Crippen LogP contribution < -0.4 is 0 Å². The molecule has 18 heavy (non-hydrogen) atoms. The van der Waals surface area contributed by atoms with Crippen molar-refractivity contribution >= 4 is 5.52 Å². The fourth-order valence-corrected chi connectivity index (χ4v) is 1.92. The summed E-state index contributed by atoms with van der Waals surface area (Å²) in [6.45, 7) is 0. The highest BCUT2D eigenvalue weighted by molar-refractivity contribution is 5.54. The molecule has 1 atom stereocenters. The van der Waals surface area contributed by atoms with E-state index < -0.39 is 6.10 Å². The maximum absolute atomic E-state index is 13.1. The van der Waals surface area contributed by atoms with Gasteiger partial charge in [-0.25, -0.2) is 8.91 Å². The molecule has 2 aromatic heterocycles. The Kier molecular flexibility index (Phi) is 2.53. The SMILES string of the molecule is OC(c1cccc(F)c1)c1cnn2ccncc12. The number of hydrogen-bond acceptors (Lipinski definition) is 3. The van der Waals surface area contributed by atoms with E-state index in [0.717, 1.165) is 0 Å². The molecule has 0 amide bonds. The Hall–Kier alpha value is -2.27. The van der Waals surface area contributed by atoms with Gasteiger partial charge in [-0.1, -0.05) is 12.1 Å². The molecule has 1 N–H and O–H groups in total. The van der Waals surface area contributed by atoms with Crippen LogP contribution in [0.25, 0.3) is 5.52 Å². The van der Waals surface area contributed by atoms with Crippen LogP contribution in [0, 0.1) is 5.82 Å². The Bertz CT molecular complexity index is 695. The number of aliphatic hydroxyl groups excluding tert-OH is 1. The van der Waals surface area contributed by atoms with E-state index in [4.69, 9.17) is 0 Å². The fraction of sp³-hybridized carbons (Fsp3) is 0.0769. The monoisotopic (exact) mass is 243 g/mol. The van der Waals surface area contributed by atoms with Crippen molar-refractivity contribution in [2.45, 2.75) is 6.10 Å². The van der Waals surface area contributed by atoms with Crippen LogP contribution in [0.2, 0.25) is 0 Å². The van der Waals surface area contributed by atoms with E-state index in [0.29, 0.717) is 16.6 Å². The lowest BCUT2D eigenvalue weighted by molar-refractivity contribution is 0.221. The zero-order valence-electron chi connectivity index (χ0n) is 9.36. The van der Waals surface area contributed by atoms with E-state index in [1.165, 1.54) is 12.1 Å². The van der Waals surface area contributed by atoms with Crippen molar-refractivity contribution in [1.82, 2.24) is 14.6 Å². The van der Waals surface area contributed by atoms with Gasteiger partial charge in [-0.15, -0.1) is 0 Å². The summed E-state index contributed by atoms with van der Waals surface area (Å²) in [6.07, 6.45) is 5.56. The second-order valence-electron chi connectivity index (χ2n) is 3.96. The van der Waals surface area contributed by atoms with E-state index in [2.05, 4.69) is 10.1 Å². The zero-order valence-corrected chi connectivity index (χ0v) is 9.36. The zero-order chi connectivity index (χ0) is 12.5. The van der Waals surface area contributed by atoms with Crippen molar-refractivity contribution in [3.63, 3.8) is 0 Å². The summed E-state index contributed by atoms with van der Waals surface area (Å²) in [5, 5.41) is 14.4. The average Bonchev–Trinajstić information content (AvgIpc) is 2.82. The topological polar surface area (TPSA) is 50.4 Å². The van der Waals surface area contributed by atoms with Crippen LogP contribution in [0.4, 0.5) is 4.39 Å². The second-order valence-corrected chi connectivity index (χ2v) is 3.96. The van der Waals surface area contributed by atoms with Crippen LogP contribution in [0.3, 0.4) is 0 Å². The van der Waals surface area contributed by atoms with Crippen molar-refractivity contribution in [3.05, 3.63) is 66.0 Å². The Morgan fingerprint density at radius 2 is 2.17 bits per heavy atom. The fourth-order valence-electron chi connectivity index (χ4n) is 1.92. The van der Waals surface area contributed by atoms with Crippen LogP contribution in [-0.2, 0) is 0 Å². The molecule has 2 heterocycles. The van der Waals surface area contributed by atoms with Crippen molar-refractivity contribution in [2.75, 3.05) is 0 Å². The van der Waals surface area contributed by atoms with Crippen LogP contribution in [0.15, 0.2) is 49.1 Å². The number of hydrogen-bond donors (Lipinski definition) is 1. The van der Waals surface area contributed by atoms with E-state index in [-0.39, 0.29) is 5.82 Å². The predicted octanol–water partition coefficient (Wildman–Crippen LogP) is 1.95. The molecule has 0 aliphatic rings. The Labute approximate surface area is 102 Å². The Morgan fingerprint density at radius 3 is 3.00 bits per heavy atom. The predicted molar refractivity (Wildman–Crippen MR) is 63.4 cm³/mol. The van der Waals surface area contributed by atoms with Crippen LogP contribution in [0.1, 0.15) is 17.2 Å². The largest absolute Gasteiger partial charge is 0.384 e. The van der Waals surface area contributed by atoms with E-state index in [1.54, 1.807) is 41.4 Å². The van der Waals surface area contributed by atoms with Gasteiger partial charge in [-0.2, -0.15) is 5.10 Å². The van der Waals surface area contributed by atoms with Gasteiger partial charge in [0.25, 0.3) is 0 Å². The smallest absolute Gasteiger partial charge is 0.123 e. The maximum Gasteiger partial charge on any atom is 0.123 e. The number of rotatable bonds is 2. The third kappa shape index (κ3) is 1.74. The summed E-state index contributed by atoms with van der Waals surface area (Å²) in [4.78, 5) is 3.99. The van der Waals surface area contributed by atoms with Gasteiger partial charge >= 0.3 is 0 Å². The molecule has 0 bridgehead atoms. The molecule has 1 unspecified atom stereocenters. The molecule has 0 radical (unpaired) electrons. The summed E-state index contributed by atoms with van der Waals surface area (Å²) < 4.78 is 14.8. The number of aromatic nitrogens is 3. The second kappa shape index (κ2) is 4.19. The van der Waals surface area contributed by atoms with Gasteiger partial charge in [-0.3, -0.25) is 4.98 Å². The highest BCUT2D eigenvalue weighted by atomic mass is 19.1. The van der Waals surface area contributed by atoms with Crippen molar-refractivity contribution in [2.24, 2.45) is 0 Å². The molecule has 0 aliphatic carbocycles. The van der Waals surface area contributed by atoms with E-state index in [9.17, 15) is 9.50 Å². The minimum atomic E-state index is -0.914. The summed E-state index contributed by atoms with van der Waals surface area (Å²) in [7, 11) is 0. The van der Waals surface area contributed by atoms with Crippen LogP contribution in [0.5, 0.6) is 0 Å². The summed E-state index contributed by atoms with van der Waals surface area (Å²) >= 11 is 0. The Morgan fingerprint density at radius 1 is 1.28 bits per heavy atom. The lowest BCUT2D eigenvalue weighted by Gasteiger charge is -2.09. The Balaban J connectivity index is 2.09. The number of aliphatic hydroxyl groups is 1. The van der Waals surface area contributed by atoms with Gasteiger partial charge < -0.3 is 5.11 Å². The molecule has 0 aliphatic heterocycles. The number of nitrogens with zero attached hydrogens (tertiary/aromatic N) is 3. The molecule has 3 rings (SSSR count). The molecule has 1 aromatic carbocycles. The van der Waals surface area contributed by atoms with Gasteiger partial charge in [0, 0.05) is 18.0 Å². The quantitative estimate of drug-likeness (QED) is 0.748. The molecule has 3 aromatic rings. The summed E-state index contributed by atoms with van der Waals surface area (Å²) in [5.41, 5.74) is 1.80. The lowest BCUT2D eigenvalue weighted by atomic mass is 10.0. The van der Waals surface area contributed by atoms with E-state index in [1.807, 2.05) is 0 Å². The van der Waals surface area contributed by atoms with Gasteiger partial charge in [0.2, 0.25) is 0 Å². The molecule has 0 spiro atoms. The molecule has 5 heteroatoms. The van der Waals surface area contributed by atoms with Crippen LogP contribution >= 0.6 is 0 Å². The summed E-state index contributed by atoms with van der Waals surface area (Å²) in [5.74, 6) is -0.374. The molecule has 0 saturated carbocycles. The van der Waals surface area contributed by atoms with Crippen LogP contribution in [-0.4, -0.2) is 19.7 Å². The first-order valence-electron chi connectivity index (χ1n) is 5.46. The highest BCUT2D eigenvalue weighted by Crippen LogP contribution is 2.25. The van der Waals surface area contributed by atoms with Gasteiger partial charge in [0.1, 0.15) is 11.9 Å².